The first-order chi connectivity index (χ1) is 13.4. The molecule has 2 amide bonds. The first kappa shape index (κ1) is 20.3. The summed E-state index contributed by atoms with van der Waals surface area (Å²) in [5.74, 6) is -0.229. The van der Waals surface area contributed by atoms with E-state index in [4.69, 9.17) is 23.2 Å². The van der Waals surface area contributed by atoms with E-state index in [9.17, 15) is 9.59 Å². The molecule has 6 nitrogen and oxygen atoms in total. The predicted octanol–water partition coefficient (Wildman–Crippen LogP) is 4.71. The third-order valence-corrected chi connectivity index (χ3v) is 5.33. The van der Waals surface area contributed by atoms with Crippen LogP contribution in [0.5, 0.6) is 0 Å². The Hall–Kier alpha value is -2.48. The van der Waals surface area contributed by atoms with Crippen molar-refractivity contribution >= 4 is 58.2 Å². The molecule has 0 bridgehead atoms. The molecule has 144 valence electrons. The van der Waals surface area contributed by atoms with Gasteiger partial charge in [0.25, 0.3) is 5.91 Å². The first-order valence-electron chi connectivity index (χ1n) is 8.19. The summed E-state index contributed by atoms with van der Waals surface area (Å²) in [6.07, 6.45) is 3.50. The summed E-state index contributed by atoms with van der Waals surface area (Å²) in [5, 5.41) is 7.13. The van der Waals surface area contributed by atoms with Crippen LogP contribution in [-0.2, 0) is 11.8 Å². The summed E-state index contributed by atoms with van der Waals surface area (Å²) in [4.78, 5) is 28.6. The molecule has 0 aliphatic carbocycles. The summed E-state index contributed by atoms with van der Waals surface area (Å²) in [6, 6.07) is 11.4. The van der Waals surface area contributed by atoms with E-state index in [1.807, 2.05) is 17.8 Å². The lowest BCUT2D eigenvalue weighted by Crippen LogP contribution is -2.15. The highest BCUT2D eigenvalue weighted by atomic mass is 35.5. The number of aryl methyl sites for hydroxylation is 1. The van der Waals surface area contributed by atoms with Gasteiger partial charge in [-0.25, -0.2) is 4.98 Å². The zero-order chi connectivity index (χ0) is 20.1. The number of halogens is 2. The van der Waals surface area contributed by atoms with Crippen LogP contribution >= 0.6 is 35.0 Å². The molecule has 0 radical (unpaired) electrons. The van der Waals surface area contributed by atoms with Crippen LogP contribution < -0.4 is 10.6 Å². The van der Waals surface area contributed by atoms with Crippen LogP contribution in [0.15, 0.2) is 60.0 Å². The average molecular weight is 435 g/mol. The van der Waals surface area contributed by atoms with E-state index in [1.54, 1.807) is 48.7 Å². The van der Waals surface area contributed by atoms with Gasteiger partial charge >= 0.3 is 0 Å². The number of thioether (sulfide) groups is 1. The number of nitrogens with zero attached hydrogens (tertiary/aromatic N) is 2. The minimum absolute atomic E-state index is 0.154. The normalized spacial score (nSPS) is 10.5. The molecule has 1 aromatic heterocycles. The fourth-order valence-electron chi connectivity index (χ4n) is 2.31. The van der Waals surface area contributed by atoms with Gasteiger partial charge in [-0.1, -0.05) is 35.0 Å². The highest BCUT2D eigenvalue weighted by molar-refractivity contribution is 7.99. The summed E-state index contributed by atoms with van der Waals surface area (Å²) in [6.45, 7) is 0. The lowest BCUT2D eigenvalue weighted by atomic mass is 10.2. The molecule has 2 aromatic carbocycles. The Morgan fingerprint density at radius 1 is 1.11 bits per heavy atom. The van der Waals surface area contributed by atoms with Crippen molar-refractivity contribution in [3.8, 4) is 0 Å². The van der Waals surface area contributed by atoms with E-state index in [0.717, 1.165) is 5.16 Å². The molecule has 28 heavy (non-hydrogen) atoms. The fraction of sp³-hybridized carbons (Fsp3) is 0.105. The van der Waals surface area contributed by atoms with Gasteiger partial charge in [-0.3, -0.25) is 9.59 Å². The van der Waals surface area contributed by atoms with Gasteiger partial charge in [0.1, 0.15) is 0 Å². The minimum atomic E-state index is -0.313. The van der Waals surface area contributed by atoms with Crippen molar-refractivity contribution in [2.75, 3.05) is 16.4 Å². The number of nitrogens with one attached hydrogen (secondary N) is 2. The topological polar surface area (TPSA) is 76.0 Å². The maximum atomic E-state index is 12.3. The molecule has 0 aliphatic rings. The molecule has 9 heteroatoms. The maximum absolute atomic E-state index is 12.3. The number of hydrogen-bond donors (Lipinski definition) is 2. The van der Waals surface area contributed by atoms with Crippen molar-refractivity contribution in [2.24, 2.45) is 7.05 Å². The van der Waals surface area contributed by atoms with Crippen molar-refractivity contribution < 1.29 is 9.59 Å². The lowest BCUT2D eigenvalue weighted by molar-refractivity contribution is -0.113. The first-order valence-corrected chi connectivity index (χ1v) is 9.93. The van der Waals surface area contributed by atoms with Gasteiger partial charge in [0.05, 0.1) is 16.5 Å². The number of carbonyl (C=O) groups is 2. The van der Waals surface area contributed by atoms with Crippen molar-refractivity contribution in [2.45, 2.75) is 5.16 Å². The zero-order valence-electron chi connectivity index (χ0n) is 14.8. The SMILES string of the molecule is Cn1ccnc1SCC(=O)Nc1ccc(C(=O)Nc2ccc(Cl)cc2Cl)cc1. The van der Waals surface area contributed by atoms with E-state index >= 15 is 0 Å². The monoisotopic (exact) mass is 434 g/mol. The number of amides is 2. The molecule has 1 heterocycles. The Bertz CT molecular complexity index is 1010. The molecule has 3 aromatic rings. The fourth-order valence-corrected chi connectivity index (χ4v) is 3.50. The van der Waals surface area contributed by atoms with Gasteiger partial charge < -0.3 is 15.2 Å². The van der Waals surface area contributed by atoms with Crippen LogP contribution in [0.3, 0.4) is 0 Å². The summed E-state index contributed by atoms with van der Waals surface area (Å²) >= 11 is 13.3. The molecule has 0 unspecified atom stereocenters. The van der Waals surface area contributed by atoms with Crippen LogP contribution in [0, 0.1) is 0 Å². The van der Waals surface area contributed by atoms with Crippen LogP contribution in [0.2, 0.25) is 10.0 Å². The predicted molar refractivity (Wildman–Crippen MR) is 113 cm³/mol. The number of benzene rings is 2. The highest BCUT2D eigenvalue weighted by Crippen LogP contribution is 2.26. The van der Waals surface area contributed by atoms with E-state index in [2.05, 4.69) is 15.6 Å². The number of rotatable bonds is 6. The van der Waals surface area contributed by atoms with Gasteiger partial charge in [0, 0.05) is 35.7 Å². The average Bonchev–Trinajstić information content (AvgIpc) is 3.08. The highest BCUT2D eigenvalue weighted by Gasteiger charge is 2.10. The Kier molecular flexibility index (Phi) is 6.61. The number of aromatic nitrogens is 2. The quantitative estimate of drug-likeness (QED) is 0.550. The summed E-state index contributed by atoms with van der Waals surface area (Å²) in [7, 11) is 1.87. The van der Waals surface area contributed by atoms with Crippen LogP contribution in [0.4, 0.5) is 11.4 Å². The van der Waals surface area contributed by atoms with E-state index in [-0.39, 0.29) is 17.6 Å². The Morgan fingerprint density at radius 2 is 1.86 bits per heavy atom. The molecule has 0 aliphatic heterocycles. The molecular weight excluding hydrogens is 419 g/mol. The second-order valence-corrected chi connectivity index (χ2v) is 7.60. The van der Waals surface area contributed by atoms with E-state index in [1.165, 1.54) is 11.8 Å². The Balaban J connectivity index is 1.56. The standard InChI is InChI=1S/C19H16Cl2N4O2S/c1-25-9-8-22-19(25)28-11-17(26)23-14-5-2-12(3-6-14)18(27)24-16-7-4-13(20)10-15(16)21/h2-10H,11H2,1H3,(H,23,26)(H,24,27). The summed E-state index contributed by atoms with van der Waals surface area (Å²) < 4.78 is 1.85. The molecular formula is C19H16Cl2N4O2S. The smallest absolute Gasteiger partial charge is 0.255 e. The van der Waals surface area contributed by atoms with Gasteiger partial charge in [-0.2, -0.15) is 0 Å². The largest absolute Gasteiger partial charge is 0.329 e. The molecule has 2 N–H and O–H groups in total. The minimum Gasteiger partial charge on any atom is -0.329 e. The van der Waals surface area contributed by atoms with Gasteiger partial charge in [-0.05, 0) is 42.5 Å². The molecule has 0 atom stereocenters. The van der Waals surface area contributed by atoms with Gasteiger partial charge in [-0.15, -0.1) is 0 Å². The summed E-state index contributed by atoms with van der Waals surface area (Å²) in [5.41, 5.74) is 1.51. The van der Waals surface area contributed by atoms with Crippen LogP contribution in [-0.4, -0.2) is 27.1 Å². The number of hydrogen-bond acceptors (Lipinski definition) is 4. The van der Waals surface area contributed by atoms with Gasteiger partial charge in [0.2, 0.25) is 5.91 Å². The molecule has 0 saturated heterocycles. The van der Waals surface area contributed by atoms with Crippen molar-refractivity contribution in [1.29, 1.82) is 0 Å². The van der Waals surface area contributed by atoms with Crippen molar-refractivity contribution in [3.63, 3.8) is 0 Å². The second-order valence-electron chi connectivity index (χ2n) is 5.81. The van der Waals surface area contributed by atoms with Gasteiger partial charge in [0.15, 0.2) is 5.16 Å². The molecule has 0 fully saturated rings. The van der Waals surface area contributed by atoms with E-state index in [0.29, 0.717) is 27.0 Å². The maximum Gasteiger partial charge on any atom is 0.255 e. The Morgan fingerprint density at radius 3 is 2.50 bits per heavy atom. The van der Waals surface area contributed by atoms with Crippen LogP contribution in [0.25, 0.3) is 0 Å². The van der Waals surface area contributed by atoms with Crippen molar-refractivity contribution in [1.82, 2.24) is 9.55 Å². The molecule has 3 rings (SSSR count). The third-order valence-electron chi connectivity index (χ3n) is 3.72. The second kappa shape index (κ2) is 9.14. The zero-order valence-corrected chi connectivity index (χ0v) is 17.1. The number of imidazole rings is 1. The van der Waals surface area contributed by atoms with Crippen molar-refractivity contribution in [3.05, 3.63) is 70.5 Å². The van der Waals surface area contributed by atoms with E-state index < -0.39 is 0 Å². The number of anilines is 2. The number of carbonyl (C=O) groups excluding carboxylic acids is 2. The third kappa shape index (κ3) is 5.28. The Labute approximate surface area is 176 Å². The van der Waals surface area contributed by atoms with Crippen LogP contribution in [0.1, 0.15) is 10.4 Å². The molecule has 0 spiro atoms. The lowest BCUT2D eigenvalue weighted by Gasteiger charge is -2.09. The molecule has 0 saturated carbocycles.